The molecule has 0 spiro atoms. The maximum absolute atomic E-state index is 14.3. The number of benzene rings is 2. The lowest BCUT2D eigenvalue weighted by Crippen LogP contribution is -2.14. The molecule has 0 saturated heterocycles. The average molecular weight is 421 g/mol. The molecule has 0 radical (unpaired) electrons. The maximum atomic E-state index is 14.3. The summed E-state index contributed by atoms with van der Waals surface area (Å²) in [5.74, 6) is 0.280. The number of anilines is 1. The number of hydrogen-bond acceptors (Lipinski definition) is 7. The van der Waals surface area contributed by atoms with E-state index in [1.165, 1.54) is 22.9 Å². The van der Waals surface area contributed by atoms with Crippen LogP contribution in [0.3, 0.4) is 0 Å². The summed E-state index contributed by atoms with van der Waals surface area (Å²) in [7, 11) is 0. The molecule has 0 saturated carbocycles. The van der Waals surface area contributed by atoms with Crippen molar-refractivity contribution in [3.8, 4) is 17.1 Å². The van der Waals surface area contributed by atoms with E-state index in [9.17, 15) is 9.18 Å². The molecule has 0 unspecified atom stereocenters. The Morgan fingerprint density at radius 3 is 2.61 bits per heavy atom. The molecule has 2 heterocycles. The van der Waals surface area contributed by atoms with Gasteiger partial charge in [0.15, 0.2) is 11.6 Å². The van der Waals surface area contributed by atoms with E-state index >= 15 is 0 Å². The second-order valence-electron chi connectivity index (χ2n) is 7.98. The smallest absolute Gasteiger partial charge is 0.258 e. The summed E-state index contributed by atoms with van der Waals surface area (Å²) >= 11 is 0. The molecule has 9 nitrogen and oxygen atoms in total. The molecule has 4 rings (SSSR count). The monoisotopic (exact) mass is 421 g/mol. The molecule has 4 aromatic rings. The number of halogens is 1. The minimum Gasteiger partial charge on any atom is -0.334 e. The number of carbonyl (C=O) groups is 1. The highest BCUT2D eigenvalue weighted by atomic mass is 19.1. The van der Waals surface area contributed by atoms with E-state index < -0.39 is 11.7 Å². The molecule has 0 aliphatic rings. The number of carbonyl (C=O) groups excluding carboxylic acids is 1. The predicted octanol–water partition coefficient (Wildman–Crippen LogP) is 3.71. The first-order valence-electron chi connectivity index (χ1n) is 9.54. The molecule has 0 aliphatic carbocycles. The summed E-state index contributed by atoms with van der Waals surface area (Å²) in [4.78, 5) is 17.5. The third kappa shape index (κ3) is 4.04. The third-order valence-corrected chi connectivity index (χ3v) is 4.56. The quantitative estimate of drug-likeness (QED) is 0.535. The van der Waals surface area contributed by atoms with E-state index in [-0.39, 0.29) is 17.0 Å². The van der Waals surface area contributed by atoms with Crippen molar-refractivity contribution in [3.05, 3.63) is 65.5 Å². The van der Waals surface area contributed by atoms with E-state index in [4.69, 9.17) is 4.52 Å². The molecular weight excluding hydrogens is 401 g/mol. The zero-order valence-electron chi connectivity index (χ0n) is 17.4. The van der Waals surface area contributed by atoms with E-state index in [1.807, 2.05) is 20.8 Å². The minimum absolute atomic E-state index is 0.125. The van der Waals surface area contributed by atoms with Gasteiger partial charge in [-0.2, -0.15) is 9.67 Å². The van der Waals surface area contributed by atoms with E-state index in [0.717, 1.165) is 0 Å². The lowest BCUT2D eigenvalue weighted by atomic mass is 9.96. The van der Waals surface area contributed by atoms with Gasteiger partial charge in [-0.25, -0.2) is 4.39 Å². The van der Waals surface area contributed by atoms with Crippen molar-refractivity contribution in [3.63, 3.8) is 0 Å². The number of nitrogens with one attached hydrogen (secondary N) is 1. The highest BCUT2D eigenvalue weighted by molar-refractivity contribution is 6.08. The van der Waals surface area contributed by atoms with Crippen LogP contribution >= 0.6 is 0 Å². The van der Waals surface area contributed by atoms with Crippen molar-refractivity contribution in [1.82, 2.24) is 30.3 Å². The minimum atomic E-state index is -0.519. The maximum Gasteiger partial charge on any atom is 0.258 e. The molecule has 158 valence electrons. The Hall–Kier alpha value is -3.95. The first kappa shape index (κ1) is 20.3. The summed E-state index contributed by atoms with van der Waals surface area (Å²) in [6, 6.07) is 11.1. The number of rotatable bonds is 4. The number of hydrogen-bond donors (Lipinski definition) is 1. The van der Waals surface area contributed by atoms with Crippen LogP contribution in [0.4, 0.5) is 10.1 Å². The number of tetrazole rings is 1. The van der Waals surface area contributed by atoms with Crippen molar-refractivity contribution in [2.24, 2.45) is 0 Å². The van der Waals surface area contributed by atoms with E-state index in [2.05, 4.69) is 31.0 Å². The van der Waals surface area contributed by atoms with E-state index in [0.29, 0.717) is 28.5 Å². The first-order chi connectivity index (χ1) is 14.7. The van der Waals surface area contributed by atoms with Gasteiger partial charge >= 0.3 is 0 Å². The van der Waals surface area contributed by atoms with Crippen molar-refractivity contribution < 1.29 is 13.7 Å². The predicted molar refractivity (Wildman–Crippen MR) is 110 cm³/mol. The van der Waals surface area contributed by atoms with Crippen LogP contribution in [-0.4, -0.2) is 36.3 Å². The van der Waals surface area contributed by atoms with Gasteiger partial charge in [-0.3, -0.25) is 4.79 Å². The van der Waals surface area contributed by atoms with Crippen LogP contribution in [0.25, 0.3) is 17.1 Å². The Morgan fingerprint density at radius 1 is 1.16 bits per heavy atom. The molecule has 0 atom stereocenters. The lowest BCUT2D eigenvalue weighted by molar-refractivity contribution is 0.102. The normalized spacial score (nSPS) is 11.5. The van der Waals surface area contributed by atoms with Crippen molar-refractivity contribution in [1.29, 1.82) is 0 Å². The zero-order chi connectivity index (χ0) is 22.2. The Labute approximate surface area is 177 Å². The van der Waals surface area contributed by atoms with Crippen LogP contribution in [0.15, 0.2) is 47.0 Å². The standard InChI is InChI=1S/C21H20FN7O2/c1-12-25-27-28-29(12)17-11-13(9-10-16(17)22)23-18(30)14-7-5-6-8-15(14)19-24-20(26-31-19)21(2,3)4/h5-11H,1-4H3,(H,23,30). The molecule has 1 amide bonds. The van der Waals surface area contributed by atoms with Crippen LogP contribution in [0, 0.1) is 12.7 Å². The highest BCUT2D eigenvalue weighted by Gasteiger charge is 2.24. The van der Waals surface area contributed by atoms with Crippen molar-refractivity contribution in [2.45, 2.75) is 33.1 Å². The molecule has 2 aromatic carbocycles. The largest absolute Gasteiger partial charge is 0.334 e. The Morgan fingerprint density at radius 2 is 1.94 bits per heavy atom. The van der Waals surface area contributed by atoms with Gasteiger partial charge in [-0.15, -0.1) is 5.10 Å². The van der Waals surface area contributed by atoms with Gasteiger partial charge in [0.25, 0.3) is 11.8 Å². The van der Waals surface area contributed by atoms with Gasteiger partial charge in [0.2, 0.25) is 0 Å². The number of amides is 1. The fourth-order valence-electron chi connectivity index (χ4n) is 2.91. The van der Waals surface area contributed by atoms with Crippen LogP contribution in [-0.2, 0) is 5.41 Å². The van der Waals surface area contributed by atoms with Gasteiger partial charge in [0.1, 0.15) is 11.5 Å². The van der Waals surface area contributed by atoms with Gasteiger partial charge in [-0.05, 0) is 47.7 Å². The van der Waals surface area contributed by atoms with Crippen LogP contribution in [0.2, 0.25) is 0 Å². The number of nitrogens with zero attached hydrogens (tertiary/aromatic N) is 6. The van der Waals surface area contributed by atoms with Crippen LogP contribution in [0.1, 0.15) is 42.8 Å². The van der Waals surface area contributed by atoms with Crippen molar-refractivity contribution in [2.75, 3.05) is 5.32 Å². The summed E-state index contributed by atoms with van der Waals surface area (Å²) in [5.41, 5.74) is 1.06. The van der Waals surface area contributed by atoms with Gasteiger partial charge in [0.05, 0.1) is 11.1 Å². The summed E-state index contributed by atoms with van der Waals surface area (Å²) in [6.07, 6.45) is 0. The van der Waals surface area contributed by atoms with Gasteiger partial charge < -0.3 is 9.84 Å². The molecule has 0 aliphatic heterocycles. The molecular formula is C21H20FN7O2. The topological polar surface area (TPSA) is 112 Å². The Bertz CT molecular complexity index is 1260. The Balaban J connectivity index is 1.65. The highest BCUT2D eigenvalue weighted by Crippen LogP contribution is 2.27. The molecule has 10 heteroatoms. The summed E-state index contributed by atoms with van der Waals surface area (Å²) < 4.78 is 21.0. The summed E-state index contributed by atoms with van der Waals surface area (Å²) in [5, 5.41) is 17.9. The third-order valence-electron chi connectivity index (χ3n) is 4.56. The molecule has 0 fully saturated rings. The van der Waals surface area contributed by atoms with Crippen LogP contribution in [0.5, 0.6) is 0 Å². The zero-order valence-corrected chi connectivity index (χ0v) is 17.4. The molecule has 0 bridgehead atoms. The second-order valence-corrected chi connectivity index (χ2v) is 7.98. The van der Waals surface area contributed by atoms with E-state index in [1.54, 1.807) is 31.2 Å². The fraction of sp³-hybridized carbons (Fsp3) is 0.238. The number of aromatic nitrogens is 6. The SMILES string of the molecule is Cc1nnnn1-c1cc(NC(=O)c2ccccc2-c2nc(C(C)(C)C)no2)ccc1F. The Kier molecular flexibility index (Phi) is 5.05. The second kappa shape index (κ2) is 7.71. The van der Waals surface area contributed by atoms with Crippen LogP contribution < -0.4 is 5.32 Å². The molecule has 2 aromatic heterocycles. The van der Waals surface area contributed by atoms with Gasteiger partial charge in [0, 0.05) is 11.1 Å². The number of aryl methyl sites for hydroxylation is 1. The summed E-state index contributed by atoms with van der Waals surface area (Å²) in [6.45, 7) is 7.56. The molecule has 31 heavy (non-hydrogen) atoms. The molecule has 1 N–H and O–H groups in total. The average Bonchev–Trinajstić information content (AvgIpc) is 3.38. The fourth-order valence-corrected chi connectivity index (χ4v) is 2.91. The lowest BCUT2D eigenvalue weighted by Gasteiger charge is -2.11. The first-order valence-corrected chi connectivity index (χ1v) is 9.54. The van der Waals surface area contributed by atoms with Gasteiger partial charge in [-0.1, -0.05) is 38.1 Å². The van der Waals surface area contributed by atoms with Crippen molar-refractivity contribution >= 4 is 11.6 Å².